The van der Waals surface area contributed by atoms with Gasteiger partial charge in [0.1, 0.15) is 0 Å². The van der Waals surface area contributed by atoms with Gasteiger partial charge >= 0.3 is 0 Å². The fraction of sp³-hybridized carbons (Fsp3) is 0.647. The quantitative estimate of drug-likeness (QED) is 0.792. The Kier molecular flexibility index (Phi) is 4.52. The minimum Gasteiger partial charge on any atom is -0.377 e. The molecule has 1 atom stereocenters. The molecule has 3 rings (SSSR count). The first-order chi connectivity index (χ1) is 9.43. The predicted molar refractivity (Wildman–Crippen MR) is 78.6 cm³/mol. The molecule has 0 heterocycles. The van der Waals surface area contributed by atoms with Gasteiger partial charge in [-0.25, -0.2) is 0 Å². The third-order valence-electron chi connectivity index (χ3n) is 4.54. The first kappa shape index (κ1) is 13.1. The summed E-state index contributed by atoms with van der Waals surface area (Å²) in [4.78, 5) is 0. The van der Waals surface area contributed by atoms with E-state index in [9.17, 15) is 0 Å². The number of benzene rings is 1. The molecule has 1 unspecified atom stereocenters. The van der Waals surface area contributed by atoms with Crippen LogP contribution in [0.5, 0.6) is 0 Å². The van der Waals surface area contributed by atoms with Gasteiger partial charge in [0.15, 0.2) is 0 Å². The fourth-order valence-corrected chi connectivity index (χ4v) is 3.35. The predicted octanol–water partition coefficient (Wildman–Crippen LogP) is 3.27. The van der Waals surface area contributed by atoms with Crippen LogP contribution in [0.25, 0.3) is 0 Å². The van der Waals surface area contributed by atoms with Gasteiger partial charge in [-0.05, 0) is 30.4 Å². The van der Waals surface area contributed by atoms with E-state index in [4.69, 9.17) is 4.74 Å². The van der Waals surface area contributed by atoms with Crippen molar-refractivity contribution < 1.29 is 4.74 Å². The lowest BCUT2D eigenvalue weighted by Crippen LogP contribution is -2.32. The lowest BCUT2D eigenvalue weighted by atomic mass is 9.78. The van der Waals surface area contributed by atoms with Crippen molar-refractivity contribution in [3.8, 4) is 0 Å². The molecule has 0 saturated heterocycles. The molecule has 1 fully saturated rings. The van der Waals surface area contributed by atoms with Crippen LogP contribution in [-0.4, -0.2) is 25.8 Å². The van der Waals surface area contributed by atoms with Gasteiger partial charge < -0.3 is 10.1 Å². The van der Waals surface area contributed by atoms with Gasteiger partial charge in [0.2, 0.25) is 0 Å². The van der Waals surface area contributed by atoms with Crippen molar-refractivity contribution >= 4 is 0 Å². The molecule has 0 radical (unpaired) electrons. The minimum atomic E-state index is 0.542. The summed E-state index contributed by atoms with van der Waals surface area (Å²) in [6.07, 6.45) is 8.45. The van der Waals surface area contributed by atoms with Gasteiger partial charge in [0, 0.05) is 19.0 Å². The number of ether oxygens (including phenoxy) is 1. The molecule has 0 amide bonds. The smallest absolute Gasteiger partial charge is 0.0594 e. The van der Waals surface area contributed by atoms with Gasteiger partial charge in [0.25, 0.3) is 0 Å². The molecule has 0 spiro atoms. The number of rotatable bonds is 6. The van der Waals surface area contributed by atoms with Gasteiger partial charge in [-0.1, -0.05) is 43.5 Å². The molecular formula is C17H25NO. The van der Waals surface area contributed by atoms with Crippen LogP contribution >= 0.6 is 0 Å². The van der Waals surface area contributed by atoms with Crippen LogP contribution in [0.4, 0.5) is 0 Å². The maximum atomic E-state index is 5.92. The highest BCUT2D eigenvalue weighted by atomic mass is 16.5. The summed E-state index contributed by atoms with van der Waals surface area (Å²) in [5, 5.41) is 3.54. The van der Waals surface area contributed by atoms with E-state index >= 15 is 0 Å². The summed E-state index contributed by atoms with van der Waals surface area (Å²) < 4.78 is 5.92. The van der Waals surface area contributed by atoms with Crippen molar-refractivity contribution in [2.45, 2.75) is 50.5 Å². The van der Waals surface area contributed by atoms with Crippen LogP contribution in [0.2, 0.25) is 0 Å². The monoisotopic (exact) mass is 259 g/mol. The summed E-state index contributed by atoms with van der Waals surface area (Å²) in [7, 11) is 0. The number of nitrogens with one attached hydrogen (secondary N) is 1. The van der Waals surface area contributed by atoms with E-state index in [0.29, 0.717) is 6.10 Å². The van der Waals surface area contributed by atoms with Gasteiger partial charge in [-0.15, -0.1) is 0 Å². The van der Waals surface area contributed by atoms with E-state index in [0.717, 1.165) is 25.6 Å². The van der Waals surface area contributed by atoms with E-state index < -0.39 is 0 Å². The lowest BCUT2D eigenvalue weighted by Gasteiger charge is -2.30. The molecule has 1 N–H and O–H groups in total. The third-order valence-corrected chi connectivity index (χ3v) is 4.54. The third kappa shape index (κ3) is 3.37. The second kappa shape index (κ2) is 6.53. The molecule has 0 bridgehead atoms. The molecule has 19 heavy (non-hydrogen) atoms. The van der Waals surface area contributed by atoms with Crippen LogP contribution in [0, 0.1) is 0 Å². The highest BCUT2D eigenvalue weighted by Gasteiger charge is 2.24. The van der Waals surface area contributed by atoms with Crippen LogP contribution in [0.1, 0.15) is 49.1 Å². The Morgan fingerprint density at radius 1 is 1.11 bits per heavy atom. The maximum absolute atomic E-state index is 5.92. The zero-order valence-corrected chi connectivity index (χ0v) is 11.7. The Balaban J connectivity index is 1.28. The Morgan fingerprint density at radius 2 is 1.95 bits per heavy atom. The Hall–Kier alpha value is -0.860. The highest BCUT2D eigenvalue weighted by Crippen LogP contribution is 2.33. The normalized spacial score (nSPS) is 22.8. The van der Waals surface area contributed by atoms with E-state index in [1.54, 1.807) is 5.56 Å². The van der Waals surface area contributed by atoms with E-state index in [1.165, 1.54) is 44.1 Å². The van der Waals surface area contributed by atoms with Crippen molar-refractivity contribution in [2.24, 2.45) is 0 Å². The van der Waals surface area contributed by atoms with Crippen molar-refractivity contribution in [2.75, 3.05) is 19.7 Å². The molecule has 2 aliphatic rings. The molecule has 2 heteroatoms. The second-order valence-corrected chi connectivity index (χ2v) is 5.93. The molecule has 0 aromatic heterocycles. The van der Waals surface area contributed by atoms with Gasteiger partial charge in [0.05, 0.1) is 12.7 Å². The zero-order valence-electron chi connectivity index (χ0n) is 11.7. The first-order valence-electron chi connectivity index (χ1n) is 7.83. The molecule has 104 valence electrons. The fourth-order valence-electron chi connectivity index (χ4n) is 3.35. The SMILES string of the molecule is c1ccc2c(c1)CC2CNCCOC1CCCCC1. The van der Waals surface area contributed by atoms with Crippen LogP contribution < -0.4 is 5.32 Å². The van der Waals surface area contributed by atoms with Crippen LogP contribution in [0.15, 0.2) is 24.3 Å². The minimum absolute atomic E-state index is 0.542. The van der Waals surface area contributed by atoms with E-state index in [1.807, 2.05) is 0 Å². The maximum Gasteiger partial charge on any atom is 0.0594 e. The summed E-state index contributed by atoms with van der Waals surface area (Å²) >= 11 is 0. The van der Waals surface area contributed by atoms with Gasteiger partial charge in [-0.2, -0.15) is 0 Å². The molecule has 1 saturated carbocycles. The van der Waals surface area contributed by atoms with Crippen LogP contribution in [-0.2, 0) is 11.2 Å². The standard InChI is InChI=1S/C17H25NO/c1-2-7-16(8-3-1)19-11-10-18-13-15-12-14-6-4-5-9-17(14)15/h4-6,9,15-16,18H,1-3,7-8,10-13H2. The molecule has 1 aromatic carbocycles. The molecular weight excluding hydrogens is 234 g/mol. The van der Waals surface area contributed by atoms with Crippen molar-refractivity contribution in [1.82, 2.24) is 5.32 Å². The Morgan fingerprint density at radius 3 is 2.79 bits per heavy atom. The Bertz CT molecular complexity index is 398. The largest absolute Gasteiger partial charge is 0.377 e. The zero-order chi connectivity index (χ0) is 12.9. The summed E-state index contributed by atoms with van der Waals surface area (Å²) in [6.45, 7) is 2.97. The summed E-state index contributed by atoms with van der Waals surface area (Å²) in [5.41, 5.74) is 3.08. The van der Waals surface area contributed by atoms with Crippen molar-refractivity contribution in [3.63, 3.8) is 0 Å². The number of fused-ring (bicyclic) bond motifs is 1. The topological polar surface area (TPSA) is 21.3 Å². The van der Waals surface area contributed by atoms with Crippen molar-refractivity contribution in [3.05, 3.63) is 35.4 Å². The Labute approximate surface area is 116 Å². The number of hydrogen-bond acceptors (Lipinski definition) is 2. The van der Waals surface area contributed by atoms with Crippen molar-refractivity contribution in [1.29, 1.82) is 0 Å². The van der Waals surface area contributed by atoms with Gasteiger partial charge in [-0.3, -0.25) is 0 Å². The average molecular weight is 259 g/mol. The molecule has 2 nitrogen and oxygen atoms in total. The molecule has 0 aliphatic heterocycles. The number of hydrogen-bond donors (Lipinski definition) is 1. The average Bonchev–Trinajstić information content (AvgIpc) is 2.44. The molecule has 1 aromatic rings. The highest BCUT2D eigenvalue weighted by molar-refractivity contribution is 5.40. The summed E-state index contributed by atoms with van der Waals surface area (Å²) in [5.74, 6) is 0.728. The van der Waals surface area contributed by atoms with E-state index in [2.05, 4.69) is 29.6 Å². The summed E-state index contributed by atoms with van der Waals surface area (Å²) in [6, 6.07) is 8.80. The van der Waals surface area contributed by atoms with Crippen LogP contribution in [0.3, 0.4) is 0 Å². The first-order valence-corrected chi connectivity index (χ1v) is 7.83. The molecule has 2 aliphatic carbocycles. The lowest BCUT2D eigenvalue weighted by molar-refractivity contribution is 0.0302. The van der Waals surface area contributed by atoms with E-state index in [-0.39, 0.29) is 0 Å². The second-order valence-electron chi connectivity index (χ2n) is 5.93.